The summed E-state index contributed by atoms with van der Waals surface area (Å²) < 4.78 is 0. The first-order valence-electron chi connectivity index (χ1n) is 7.73. The lowest BCUT2D eigenvalue weighted by Gasteiger charge is -2.37. The van der Waals surface area contributed by atoms with Crippen LogP contribution in [-0.2, 0) is 4.79 Å². The van der Waals surface area contributed by atoms with E-state index >= 15 is 0 Å². The van der Waals surface area contributed by atoms with Gasteiger partial charge in [-0.3, -0.25) is 4.79 Å². The fourth-order valence-corrected chi connectivity index (χ4v) is 3.33. The molecule has 4 heteroatoms. The van der Waals surface area contributed by atoms with Gasteiger partial charge in [-0.05, 0) is 25.2 Å². The summed E-state index contributed by atoms with van der Waals surface area (Å²) in [5.74, 6) is 1.17. The van der Waals surface area contributed by atoms with Crippen molar-refractivity contribution in [1.82, 2.24) is 4.90 Å². The summed E-state index contributed by atoms with van der Waals surface area (Å²) in [6.07, 6.45) is 9.64. The smallest absolute Gasteiger partial charge is 0.225 e. The first-order valence-corrected chi connectivity index (χ1v) is 7.73. The number of nitrogens with two attached hydrogens (primary N) is 1. The van der Waals surface area contributed by atoms with Gasteiger partial charge in [-0.2, -0.15) is 0 Å². The molecule has 1 heterocycles. The Kier molecular flexibility index (Phi) is 7.16. The lowest BCUT2D eigenvalue weighted by atomic mass is 9.88. The molecule has 2 unspecified atom stereocenters. The predicted molar refractivity (Wildman–Crippen MR) is 81.4 cm³/mol. The van der Waals surface area contributed by atoms with E-state index in [0.29, 0.717) is 17.7 Å². The quantitative estimate of drug-likeness (QED) is 0.806. The highest BCUT2D eigenvalue weighted by atomic mass is 35.5. The Bertz CT molecular complexity index is 271. The number of amides is 1. The summed E-state index contributed by atoms with van der Waals surface area (Å²) in [4.78, 5) is 14.6. The van der Waals surface area contributed by atoms with E-state index in [1.54, 1.807) is 0 Å². The Morgan fingerprint density at radius 1 is 1.05 bits per heavy atom. The molecule has 2 fully saturated rings. The van der Waals surface area contributed by atoms with Crippen molar-refractivity contribution in [2.45, 2.75) is 64.3 Å². The van der Waals surface area contributed by atoms with E-state index in [1.165, 1.54) is 32.1 Å². The van der Waals surface area contributed by atoms with Crippen LogP contribution in [0.3, 0.4) is 0 Å². The van der Waals surface area contributed by atoms with Crippen LogP contribution in [0.5, 0.6) is 0 Å². The Labute approximate surface area is 123 Å². The first kappa shape index (κ1) is 16.8. The van der Waals surface area contributed by atoms with Gasteiger partial charge in [0.05, 0.1) is 0 Å². The van der Waals surface area contributed by atoms with E-state index in [1.807, 2.05) is 0 Å². The molecule has 19 heavy (non-hydrogen) atoms. The molecule has 0 aromatic heterocycles. The summed E-state index contributed by atoms with van der Waals surface area (Å²) in [5, 5.41) is 0. The average molecular weight is 289 g/mol. The van der Waals surface area contributed by atoms with Crippen LogP contribution >= 0.6 is 12.4 Å². The van der Waals surface area contributed by atoms with Gasteiger partial charge in [0, 0.05) is 25.0 Å². The van der Waals surface area contributed by atoms with Gasteiger partial charge in [0.25, 0.3) is 0 Å². The number of hydrogen-bond acceptors (Lipinski definition) is 2. The summed E-state index contributed by atoms with van der Waals surface area (Å²) in [7, 11) is 0. The van der Waals surface area contributed by atoms with Gasteiger partial charge in [0.2, 0.25) is 5.91 Å². The fourth-order valence-electron chi connectivity index (χ4n) is 3.33. The van der Waals surface area contributed by atoms with Crippen molar-refractivity contribution in [3.8, 4) is 0 Å². The van der Waals surface area contributed by atoms with Gasteiger partial charge in [-0.1, -0.05) is 39.0 Å². The standard InChI is InChI=1S/C15H28N2O.ClH/c1-12-11-17(10-9-14(12)16)15(18)13-7-5-3-2-4-6-8-13;/h12-14H,2-11,16H2,1H3;1H. The Morgan fingerprint density at radius 3 is 2.21 bits per heavy atom. The van der Waals surface area contributed by atoms with Crippen LogP contribution < -0.4 is 5.73 Å². The van der Waals surface area contributed by atoms with E-state index in [0.717, 1.165) is 32.4 Å². The Balaban J connectivity index is 0.00000180. The monoisotopic (exact) mass is 288 g/mol. The largest absolute Gasteiger partial charge is 0.342 e. The molecule has 3 nitrogen and oxygen atoms in total. The molecule has 0 radical (unpaired) electrons. The SMILES string of the molecule is CC1CN(C(=O)C2CCCCCCC2)CCC1N.Cl. The van der Waals surface area contributed by atoms with Crippen LogP contribution in [0.25, 0.3) is 0 Å². The third-order valence-electron chi connectivity index (χ3n) is 4.74. The van der Waals surface area contributed by atoms with E-state index in [9.17, 15) is 4.79 Å². The van der Waals surface area contributed by atoms with Crippen molar-refractivity contribution >= 4 is 18.3 Å². The fraction of sp³-hybridized carbons (Fsp3) is 0.933. The summed E-state index contributed by atoms with van der Waals surface area (Å²) >= 11 is 0. The molecule has 1 saturated carbocycles. The van der Waals surface area contributed by atoms with Crippen LogP contribution in [0.2, 0.25) is 0 Å². The van der Waals surface area contributed by atoms with Crippen LogP contribution in [0.4, 0.5) is 0 Å². The molecular weight excluding hydrogens is 260 g/mol. The third kappa shape index (κ3) is 4.64. The number of hydrogen-bond donors (Lipinski definition) is 1. The van der Waals surface area contributed by atoms with Crippen LogP contribution in [0, 0.1) is 11.8 Å². The lowest BCUT2D eigenvalue weighted by Crippen LogP contribution is -2.49. The molecular formula is C15H29ClN2O. The molecule has 0 aromatic rings. The Morgan fingerprint density at radius 2 is 1.63 bits per heavy atom. The van der Waals surface area contributed by atoms with Gasteiger partial charge >= 0.3 is 0 Å². The zero-order chi connectivity index (χ0) is 13.0. The molecule has 112 valence electrons. The van der Waals surface area contributed by atoms with Crippen molar-refractivity contribution in [2.24, 2.45) is 17.6 Å². The number of nitrogens with zero attached hydrogens (tertiary/aromatic N) is 1. The van der Waals surface area contributed by atoms with Crippen molar-refractivity contribution in [3.05, 3.63) is 0 Å². The van der Waals surface area contributed by atoms with Crippen molar-refractivity contribution in [3.63, 3.8) is 0 Å². The van der Waals surface area contributed by atoms with Gasteiger partial charge in [-0.15, -0.1) is 12.4 Å². The molecule has 0 spiro atoms. The van der Waals surface area contributed by atoms with Gasteiger partial charge in [-0.25, -0.2) is 0 Å². The molecule has 0 bridgehead atoms. The van der Waals surface area contributed by atoms with E-state index in [-0.39, 0.29) is 18.4 Å². The normalized spacial score (nSPS) is 30.1. The predicted octanol–water partition coefficient (Wildman–Crippen LogP) is 2.96. The molecule has 2 atom stereocenters. The molecule has 1 aliphatic heterocycles. The number of carbonyl (C=O) groups excluding carboxylic acids is 1. The maximum absolute atomic E-state index is 12.6. The minimum atomic E-state index is 0. The summed E-state index contributed by atoms with van der Waals surface area (Å²) in [6, 6.07) is 0.284. The zero-order valence-corrected chi connectivity index (χ0v) is 13.0. The topological polar surface area (TPSA) is 46.3 Å². The van der Waals surface area contributed by atoms with Gasteiger partial charge in [0.1, 0.15) is 0 Å². The molecule has 1 saturated heterocycles. The van der Waals surface area contributed by atoms with Gasteiger partial charge < -0.3 is 10.6 Å². The molecule has 1 amide bonds. The molecule has 0 aromatic carbocycles. The van der Waals surface area contributed by atoms with Crippen LogP contribution in [-0.4, -0.2) is 29.9 Å². The minimum Gasteiger partial charge on any atom is -0.342 e. The highest BCUT2D eigenvalue weighted by Gasteiger charge is 2.30. The first-order chi connectivity index (χ1) is 8.68. The van der Waals surface area contributed by atoms with E-state index in [2.05, 4.69) is 11.8 Å². The molecule has 2 N–H and O–H groups in total. The van der Waals surface area contributed by atoms with Crippen LogP contribution in [0.1, 0.15) is 58.3 Å². The van der Waals surface area contributed by atoms with Crippen LogP contribution in [0.15, 0.2) is 0 Å². The van der Waals surface area contributed by atoms with Crippen molar-refractivity contribution in [1.29, 1.82) is 0 Å². The number of halogens is 1. The highest BCUT2D eigenvalue weighted by molar-refractivity contribution is 5.85. The second-order valence-corrected chi connectivity index (χ2v) is 6.26. The third-order valence-corrected chi connectivity index (χ3v) is 4.74. The minimum absolute atomic E-state index is 0. The van der Waals surface area contributed by atoms with E-state index < -0.39 is 0 Å². The number of likely N-dealkylation sites (tertiary alicyclic amines) is 1. The number of carbonyl (C=O) groups is 1. The van der Waals surface area contributed by atoms with Gasteiger partial charge in [0.15, 0.2) is 0 Å². The van der Waals surface area contributed by atoms with E-state index in [4.69, 9.17) is 5.73 Å². The number of rotatable bonds is 1. The average Bonchev–Trinajstić information content (AvgIpc) is 2.31. The van der Waals surface area contributed by atoms with Crippen molar-refractivity contribution in [2.75, 3.05) is 13.1 Å². The lowest BCUT2D eigenvalue weighted by molar-refractivity contribution is -0.138. The highest BCUT2D eigenvalue weighted by Crippen LogP contribution is 2.26. The summed E-state index contributed by atoms with van der Waals surface area (Å²) in [5.41, 5.74) is 6.03. The summed E-state index contributed by atoms with van der Waals surface area (Å²) in [6.45, 7) is 3.92. The zero-order valence-electron chi connectivity index (χ0n) is 12.1. The second kappa shape index (κ2) is 8.11. The molecule has 2 rings (SSSR count). The molecule has 1 aliphatic carbocycles. The maximum atomic E-state index is 12.6. The van der Waals surface area contributed by atoms with Crippen molar-refractivity contribution < 1.29 is 4.79 Å². The molecule has 2 aliphatic rings. The second-order valence-electron chi connectivity index (χ2n) is 6.26. The Hall–Kier alpha value is -0.280. The number of piperidine rings is 1. The maximum Gasteiger partial charge on any atom is 0.225 e.